The van der Waals surface area contributed by atoms with Gasteiger partial charge < -0.3 is 10.3 Å². The molecule has 0 fully saturated rings. The van der Waals surface area contributed by atoms with Crippen LogP contribution < -0.4 is 16.6 Å². The highest BCUT2D eigenvalue weighted by molar-refractivity contribution is 6.06. The Morgan fingerprint density at radius 3 is 2.21 bits per heavy atom. The summed E-state index contributed by atoms with van der Waals surface area (Å²) in [6.45, 7) is 3.71. The van der Waals surface area contributed by atoms with Crippen LogP contribution in [0.25, 0.3) is 22.3 Å². The second-order valence-electron chi connectivity index (χ2n) is 7.91. The summed E-state index contributed by atoms with van der Waals surface area (Å²) in [5.74, 6) is -0.367. The molecule has 5 aromatic rings. The fourth-order valence-electron chi connectivity index (χ4n) is 4.00. The second kappa shape index (κ2) is 8.32. The van der Waals surface area contributed by atoms with Crippen LogP contribution in [0.1, 0.15) is 21.7 Å². The summed E-state index contributed by atoms with van der Waals surface area (Å²) in [5.41, 5.74) is 3.02. The monoisotopic (exact) mass is 451 g/mol. The standard InChI is InChI=1S/C26H21N5O3/c1-16-23(17(2)31(29-16)20-11-7-4-8-12-20)28-24(32)18-13-14-21-22(15-18)27-26(34)30(25(21)33)19-9-5-3-6-10-19/h3-15H,1-2H3,(H,27,34)(H,28,32). The zero-order valence-electron chi connectivity index (χ0n) is 18.6. The number of para-hydroxylation sites is 2. The molecule has 0 saturated carbocycles. The van der Waals surface area contributed by atoms with Crippen LogP contribution in [-0.4, -0.2) is 25.2 Å². The summed E-state index contributed by atoms with van der Waals surface area (Å²) in [7, 11) is 0. The number of aryl methyl sites for hydroxylation is 1. The van der Waals surface area contributed by atoms with Gasteiger partial charge in [0.2, 0.25) is 0 Å². The number of amides is 1. The first kappa shape index (κ1) is 21.1. The van der Waals surface area contributed by atoms with E-state index in [1.54, 1.807) is 41.1 Å². The molecule has 0 atom stereocenters. The van der Waals surface area contributed by atoms with Crippen molar-refractivity contribution in [2.75, 3.05) is 5.32 Å². The Morgan fingerprint density at radius 1 is 0.882 bits per heavy atom. The minimum absolute atomic E-state index is 0.295. The average Bonchev–Trinajstić information content (AvgIpc) is 3.13. The molecule has 168 valence electrons. The van der Waals surface area contributed by atoms with Gasteiger partial charge in [-0.05, 0) is 56.3 Å². The molecule has 0 aliphatic heterocycles. The number of benzene rings is 3. The average molecular weight is 451 g/mol. The molecule has 1 amide bonds. The zero-order chi connectivity index (χ0) is 23.8. The highest BCUT2D eigenvalue weighted by Gasteiger charge is 2.17. The number of aromatic nitrogens is 4. The SMILES string of the molecule is Cc1nn(-c2ccccc2)c(C)c1NC(=O)c1ccc2c(=O)n(-c3ccccc3)c(=O)[nH]c2c1. The largest absolute Gasteiger partial charge is 0.333 e. The first-order chi connectivity index (χ1) is 16.4. The van der Waals surface area contributed by atoms with Crippen LogP contribution in [0.15, 0.2) is 88.5 Å². The summed E-state index contributed by atoms with van der Waals surface area (Å²) >= 11 is 0. The minimum atomic E-state index is -0.572. The number of carbonyl (C=O) groups is 1. The summed E-state index contributed by atoms with van der Waals surface area (Å²) in [4.78, 5) is 41.4. The molecular weight excluding hydrogens is 430 g/mol. The van der Waals surface area contributed by atoms with E-state index < -0.39 is 11.2 Å². The van der Waals surface area contributed by atoms with Crippen LogP contribution >= 0.6 is 0 Å². The third-order valence-electron chi connectivity index (χ3n) is 5.70. The molecule has 2 N–H and O–H groups in total. The molecule has 0 saturated heterocycles. The number of nitrogens with one attached hydrogen (secondary N) is 2. The smallest absolute Gasteiger partial charge is 0.319 e. The first-order valence-corrected chi connectivity index (χ1v) is 10.7. The molecule has 0 spiro atoms. The summed E-state index contributed by atoms with van der Waals surface area (Å²) in [6, 6.07) is 23.0. The lowest BCUT2D eigenvalue weighted by molar-refractivity contribution is 0.102. The molecule has 8 heteroatoms. The molecule has 2 aromatic heterocycles. The first-order valence-electron chi connectivity index (χ1n) is 10.7. The Bertz CT molecular complexity index is 1650. The van der Waals surface area contributed by atoms with Crippen LogP contribution in [0, 0.1) is 13.8 Å². The number of anilines is 1. The Hall–Kier alpha value is -4.72. The van der Waals surface area contributed by atoms with Crippen molar-refractivity contribution >= 4 is 22.5 Å². The zero-order valence-corrected chi connectivity index (χ0v) is 18.6. The number of carbonyl (C=O) groups excluding carboxylic acids is 1. The maximum atomic E-state index is 13.0. The number of aromatic amines is 1. The molecule has 5 rings (SSSR count). The summed E-state index contributed by atoms with van der Waals surface area (Å²) in [6.07, 6.45) is 0. The van der Waals surface area contributed by atoms with Crippen LogP contribution in [0.4, 0.5) is 5.69 Å². The van der Waals surface area contributed by atoms with Gasteiger partial charge in [-0.1, -0.05) is 36.4 Å². The molecular formula is C26H21N5O3. The Morgan fingerprint density at radius 2 is 1.53 bits per heavy atom. The van der Waals surface area contributed by atoms with Gasteiger partial charge >= 0.3 is 5.69 Å². The second-order valence-corrected chi connectivity index (χ2v) is 7.91. The van der Waals surface area contributed by atoms with Gasteiger partial charge in [-0.3, -0.25) is 9.59 Å². The lowest BCUT2D eigenvalue weighted by atomic mass is 10.1. The highest BCUT2D eigenvalue weighted by Crippen LogP contribution is 2.23. The molecule has 3 aromatic carbocycles. The number of rotatable bonds is 4. The van der Waals surface area contributed by atoms with Gasteiger partial charge in [0.25, 0.3) is 11.5 Å². The van der Waals surface area contributed by atoms with Crippen molar-refractivity contribution in [1.29, 1.82) is 0 Å². The van der Waals surface area contributed by atoms with Crippen LogP contribution in [0.3, 0.4) is 0 Å². The molecule has 0 unspecified atom stereocenters. The van der Waals surface area contributed by atoms with E-state index in [1.165, 1.54) is 6.07 Å². The van der Waals surface area contributed by atoms with Gasteiger partial charge in [-0.25, -0.2) is 14.0 Å². The Balaban J connectivity index is 1.50. The molecule has 34 heavy (non-hydrogen) atoms. The normalized spacial score (nSPS) is 11.0. The third-order valence-corrected chi connectivity index (χ3v) is 5.70. The van der Waals surface area contributed by atoms with Crippen molar-refractivity contribution in [2.24, 2.45) is 0 Å². The van der Waals surface area contributed by atoms with E-state index in [2.05, 4.69) is 15.4 Å². The van der Waals surface area contributed by atoms with Crippen molar-refractivity contribution in [1.82, 2.24) is 19.3 Å². The summed E-state index contributed by atoms with van der Waals surface area (Å²) < 4.78 is 2.85. The van der Waals surface area contributed by atoms with Crippen molar-refractivity contribution < 1.29 is 4.79 Å². The fraction of sp³-hybridized carbons (Fsp3) is 0.0769. The Kier molecular flexibility index (Phi) is 5.18. The van der Waals surface area contributed by atoms with Gasteiger partial charge in [-0.15, -0.1) is 0 Å². The number of nitrogens with zero attached hydrogens (tertiary/aromatic N) is 3. The van der Waals surface area contributed by atoms with E-state index in [0.29, 0.717) is 33.5 Å². The maximum Gasteiger partial charge on any atom is 0.333 e. The van der Waals surface area contributed by atoms with Gasteiger partial charge in [0.05, 0.1) is 39.4 Å². The Labute approximate surface area is 194 Å². The summed E-state index contributed by atoms with van der Waals surface area (Å²) in [5, 5.41) is 7.78. The quantitative estimate of drug-likeness (QED) is 0.435. The van der Waals surface area contributed by atoms with Crippen LogP contribution in [0.5, 0.6) is 0 Å². The molecule has 0 aliphatic rings. The van der Waals surface area contributed by atoms with Crippen molar-refractivity contribution in [3.8, 4) is 11.4 Å². The van der Waals surface area contributed by atoms with E-state index in [4.69, 9.17) is 0 Å². The van der Waals surface area contributed by atoms with Crippen LogP contribution in [-0.2, 0) is 0 Å². The predicted molar refractivity (Wildman–Crippen MR) is 131 cm³/mol. The van der Waals surface area contributed by atoms with Gasteiger partial charge in [0, 0.05) is 5.56 Å². The number of H-pyrrole nitrogens is 1. The third kappa shape index (κ3) is 3.61. The maximum absolute atomic E-state index is 13.0. The molecule has 2 heterocycles. The van der Waals surface area contributed by atoms with Crippen LogP contribution in [0.2, 0.25) is 0 Å². The van der Waals surface area contributed by atoms with Gasteiger partial charge in [0.1, 0.15) is 0 Å². The topological polar surface area (TPSA) is 102 Å². The number of fused-ring (bicyclic) bond motifs is 1. The van der Waals surface area contributed by atoms with Gasteiger partial charge in [-0.2, -0.15) is 5.10 Å². The molecule has 0 radical (unpaired) electrons. The molecule has 8 nitrogen and oxygen atoms in total. The highest BCUT2D eigenvalue weighted by atomic mass is 16.2. The molecule has 0 aliphatic carbocycles. The van der Waals surface area contributed by atoms with E-state index >= 15 is 0 Å². The van der Waals surface area contributed by atoms with E-state index in [0.717, 1.165) is 15.9 Å². The van der Waals surface area contributed by atoms with Crippen molar-refractivity contribution in [3.63, 3.8) is 0 Å². The van der Waals surface area contributed by atoms with Gasteiger partial charge in [0.15, 0.2) is 0 Å². The number of hydrogen-bond donors (Lipinski definition) is 2. The predicted octanol–water partition coefficient (Wildman–Crippen LogP) is 3.73. The fourth-order valence-corrected chi connectivity index (χ4v) is 4.00. The lowest BCUT2D eigenvalue weighted by Crippen LogP contribution is -2.33. The molecule has 0 bridgehead atoms. The lowest BCUT2D eigenvalue weighted by Gasteiger charge is -2.09. The van der Waals surface area contributed by atoms with E-state index in [-0.39, 0.29) is 5.91 Å². The van der Waals surface area contributed by atoms with Crippen molar-refractivity contribution in [2.45, 2.75) is 13.8 Å². The van der Waals surface area contributed by atoms with E-state index in [9.17, 15) is 14.4 Å². The minimum Gasteiger partial charge on any atom is -0.319 e. The van der Waals surface area contributed by atoms with Crippen molar-refractivity contribution in [3.05, 3.63) is 117 Å². The van der Waals surface area contributed by atoms with E-state index in [1.807, 2.05) is 50.2 Å². The number of hydrogen-bond acceptors (Lipinski definition) is 4.